The van der Waals surface area contributed by atoms with Gasteiger partial charge in [0, 0.05) is 31.5 Å². The van der Waals surface area contributed by atoms with Crippen molar-refractivity contribution in [1.29, 1.82) is 0 Å². The van der Waals surface area contributed by atoms with Crippen molar-refractivity contribution in [2.24, 2.45) is 5.92 Å². The first kappa shape index (κ1) is 12.5. The summed E-state index contributed by atoms with van der Waals surface area (Å²) in [6.45, 7) is 7.91. The van der Waals surface area contributed by atoms with Crippen LogP contribution in [-0.2, 0) is 6.54 Å². The Labute approximate surface area is 104 Å². The van der Waals surface area contributed by atoms with Crippen LogP contribution in [0.15, 0.2) is 18.5 Å². The smallest absolute Gasteiger partial charge is 0.0315 e. The average molecular weight is 233 g/mol. The molecule has 0 saturated carbocycles. The Balaban J connectivity index is 1.95. The molecule has 1 N–H and O–H groups in total. The van der Waals surface area contributed by atoms with Crippen LogP contribution in [0.4, 0.5) is 0 Å². The zero-order valence-corrected chi connectivity index (χ0v) is 11.1. The van der Waals surface area contributed by atoms with E-state index in [0.29, 0.717) is 6.04 Å². The van der Waals surface area contributed by atoms with Gasteiger partial charge in [0.2, 0.25) is 0 Å². The molecule has 1 aromatic heterocycles. The summed E-state index contributed by atoms with van der Waals surface area (Å²) in [6.07, 6.45) is 5.12. The van der Waals surface area contributed by atoms with E-state index in [-0.39, 0.29) is 0 Å². The van der Waals surface area contributed by atoms with Crippen LogP contribution >= 0.6 is 0 Å². The number of nitrogens with one attached hydrogen (secondary N) is 1. The average Bonchev–Trinajstić information content (AvgIpc) is 2.32. The van der Waals surface area contributed by atoms with Gasteiger partial charge in [-0.3, -0.25) is 9.88 Å². The van der Waals surface area contributed by atoms with E-state index in [1.54, 1.807) is 0 Å². The number of piperidine rings is 1. The maximum absolute atomic E-state index is 4.22. The normalized spacial score (nSPS) is 26.1. The Bertz CT molecular complexity index is 364. The van der Waals surface area contributed by atoms with Gasteiger partial charge < -0.3 is 5.32 Å². The first-order chi connectivity index (χ1) is 8.20. The maximum Gasteiger partial charge on any atom is 0.0315 e. The first-order valence-corrected chi connectivity index (χ1v) is 6.50. The van der Waals surface area contributed by atoms with Crippen LogP contribution in [0, 0.1) is 12.8 Å². The highest BCUT2D eigenvalue weighted by molar-refractivity contribution is 5.21. The lowest BCUT2D eigenvalue weighted by Crippen LogP contribution is -2.46. The van der Waals surface area contributed by atoms with E-state index in [1.165, 1.54) is 30.6 Å². The number of likely N-dealkylation sites (tertiary alicyclic amines) is 1. The van der Waals surface area contributed by atoms with Crippen LogP contribution < -0.4 is 5.32 Å². The van der Waals surface area contributed by atoms with E-state index in [0.717, 1.165) is 12.5 Å². The summed E-state index contributed by atoms with van der Waals surface area (Å²) in [5.74, 6) is 0.728. The molecular formula is C14H23N3. The second-order valence-electron chi connectivity index (χ2n) is 5.20. The minimum atomic E-state index is 0.682. The highest BCUT2D eigenvalue weighted by Gasteiger charge is 2.24. The molecule has 0 bridgehead atoms. The monoisotopic (exact) mass is 233 g/mol. The number of rotatable bonds is 3. The number of aromatic nitrogens is 1. The second kappa shape index (κ2) is 5.61. The number of nitrogens with zero attached hydrogens (tertiary/aromatic N) is 2. The Kier molecular flexibility index (Phi) is 4.13. The lowest BCUT2D eigenvalue weighted by molar-refractivity contribution is 0.144. The summed E-state index contributed by atoms with van der Waals surface area (Å²) in [7, 11) is 2.07. The predicted octanol–water partition coefficient (Wildman–Crippen LogP) is 1.82. The molecule has 1 aliphatic rings. The Morgan fingerprint density at radius 1 is 1.53 bits per heavy atom. The molecule has 3 heteroatoms. The lowest BCUT2D eigenvalue weighted by atomic mass is 9.93. The van der Waals surface area contributed by atoms with Crippen LogP contribution in [0.2, 0.25) is 0 Å². The molecule has 2 rings (SSSR count). The molecule has 1 fully saturated rings. The molecule has 1 aromatic rings. The van der Waals surface area contributed by atoms with E-state index in [9.17, 15) is 0 Å². The Morgan fingerprint density at radius 3 is 3.00 bits per heavy atom. The molecule has 2 heterocycles. The van der Waals surface area contributed by atoms with Crippen LogP contribution in [0.25, 0.3) is 0 Å². The van der Waals surface area contributed by atoms with Crippen molar-refractivity contribution >= 4 is 0 Å². The van der Waals surface area contributed by atoms with Gasteiger partial charge in [-0.05, 0) is 50.0 Å². The van der Waals surface area contributed by atoms with Crippen LogP contribution in [0.5, 0.6) is 0 Å². The molecule has 1 aliphatic heterocycles. The fourth-order valence-electron chi connectivity index (χ4n) is 2.71. The molecule has 0 amide bonds. The minimum absolute atomic E-state index is 0.682. The Morgan fingerprint density at radius 2 is 2.35 bits per heavy atom. The molecule has 2 unspecified atom stereocenters. The van der Waals surface area contributed by atoms with Crippen molar-refractivity contribution in [1.82, 2.24) is 15.2 Å². The van der Waals surface area contributed by atoms with Crippen LogP contribution in [0.3, 0.4) is 0 Å². The van der Waals surface area contributed by atoms with E-state index in [4.69, 9.17) is 0 Å². The van der Waals surface area contributed by atoms with Crippen molar-refractivity contribution in [3.8, 4) is 0 Å². The van der Waals surface area contributed by atoms with E-state index in [2.05, 4.69) is 42.2 Å². The van der Waals surface area contributed by atoms with Gasteiger partial charge in [0.1, 0.15) is 0 Å². The molecule has 0 radical (unpaired) electrons. The van der Waals surface area contributed by atoms with Crippen molar-refractivity contribution in [3.05, 3.63) is 29.6 Å². The zero-order valence-electron chi connectivity index (χ0n) is 11.1. The number of hydrogen-bond acceptors (Lipinski definition) is 3. The summed E-state index contributed by atoms with van der Waals surface area (Å²) in [4.78, 5) is 6.77. The van der Waals surface area contributed by atoms with Crippen LogP contribution in [0.1, 0.15) is 24.5 Å². The van der Waals surface area contributed by atoms with Gasteiger partial charge in [-0.2, -0.15) is 0 Å². The number of aryl methyl sites for hydroxylation is 1. The standard InChI is InChI=1S/C14H23N3/c1-11-4-6-16-8-13(11)10-17-7-5-14(15-3)12(2)9-17/h4,6,8,12,14-15H,5,7,9-10H2,1-3H3. The summed E-state index contributed by atoms with van der Waals surface area (Å²) < 4.78 is 0. The third-order valence-corrected chi connectivity index (χ3v) is 3.90. The fourth-order valence-corrected chi connectivity index (χ4v) is 2.71. The SMILES string of the molecule is CNC1CCN(Cc2cnccc2C)CC1C. The molecule has 0 spiro atoms. The summed E-state index contributed by atoms with van der Waals surface area (Å²) in [5.41, 5.74) is 2.71. The van der Waals surface area contributed by atoms with E-state index < -0.39 is 0 Å². The van der Waals surface area contributed by atoms with Gasteiger partial charge in [-0.15, -0.1) is 0 Å². The molecular weight excluding hydrogens is 210 g/mol. The highest BCUT2D eigenvalue weighted by atomic mass is 15.1. The maximum atomic E-state index is 4.22. The van der Waals surface area contributed by atoms with Gasteiger partial charge in [0.25, 0.3) is 0 Å². The fraction of sp³-hybridized carbons (Fsp3) is 0.643. The first-order valence-electron chi connectivity index (χ1n) is 6.50. The third-order valence-electron chi connectivity index (χ3n) is 3.90. The zero-order chi connectivity index (χ0) is 12.3. The highest BCUT2D eigenvalue weighted by Crippen LogP contribution is 2.19. The van der Waals surface area contributed by atoms with Crippen molar-refractivity contribution in [2.45, 2.75) is 32.9 Å². The second-order valence-corrected chi connectivity index (χ2v) is 5.20. The largest absolute Gasteiger partial charge is 0.317 e. The lowest BCUT2D eigenvalue weighted by Gasteiger charge is -2.37. The van der Waals surface area contributed by atoms with E-state index in [1.807, 2.05) is 12.4 Å². The minimum Gasteiger partial charge on any atom is -0.317 e. The summed E-state index contributed by atoms with van der Waals surface area (Å²) in [5, 5.41) is 3.41. The van der Waals surface area contributed by atoms with E-state index >= 15 is 0 Å². The molecule has 94 valence electrons. The number of pyridine rings is 1. The molecule has 17 heavy (non-hydrogen) atoms. The van der Waals surface area contributed by atoms with Gasteiger partial charge in [0.15, 0.2) is 0 Å². The summed E-state index contributed by atoms with van der Waals surface area (Å²) in [6, 6.07) is 2.78. The third kappa shape index (κ3) is 3.05. The Hall–Kier alpha value is -0.930. The van der Waals surface area contributed by atoms with Gasteiger partial charge >= 0.3 is 0 Å². The summed E-state index contributed by atoms with van der Waals surface area (Å²) >= 11 is 0. The molecule has 3 nitrogen and oxygen atoms in total. The topological polar surface area (TPSA) is 28.2 Å². The molecule has 1 saturated heterocycles. The van der Waals surface area contributed by atoms with Crippen LogP contribution in [-0.4, -0.2) is 36.1 Å². The molecule has 2 atom stereocenters. The van der Waals surface area contributed by atoms with Crippen molar-refractivity contribution < 1.29 is 0 Å². The van der Waals surface area contributed by atoms with Crippen molar-refractivity contribution in [2.75, 3.05) is 20.1 Å². The molecule has 0 aliphatic carbocycles. The van der Waals surface area contributed by atoms with Crippen molar-refractivity contribution in [3.63, 3.8) is 0 Å². The van der Waals surface area contributed by atoms with Gasteiger partial charge in [0.05, 0.1) is 0 Å². The predicted molar refractivity (Wildman–Crippen MR) is 70.9 cm³/mol. The molecule has 0 aromatic carbocycles. The van der Waals surface area contributed by atoms with Gasteiger partial charge in [-0.25, -0.2) is 0 Å². The number of hydrogen-bond donors (Lipinski definition) is 1. The van der Waals surface area contributed by atoms with Gasteiger partial charge in [-0.1, -0.05) is 6.92 Å². The quantitative estimate of drug-likeness (QED) is 0.863.